The Labute approximate surface area is 294 Å². The molecular weight excluding hydrogens is 645 g/mol. The quantitative estimate of drug-likeness (QED) is 0.0558. The molecule has 7 rings (SSSR count). The molecule has 3 amide bonds. The number of nitrogens with one attached hydrogen (secondary N) is 1. The number of thioether (sulfide) groups is 2. The number of hydrogen-bond donors (Lipinski definition) is 4. The number of likely N-dealkylation sites (tertiary alicyclic amines) is 1. The van der Waals surface area contributed by atoms with Gasteiger partial charge in [0.25, 0.3) is 11.7 Å². The molecule has 2 aromatic heterocycles. The first-order valence-corrected chi connectivity index (χ1v) is 16.2. The summed E-state index contributed by atoms with van der Waals surface area (Å²) in [6.45, 7) is 2.40. The third-order valence-electron chi connectivity index (χ3n) is 8.00. The number of carbonyl (C=O) groups excluding carboxylic acids is 3. The summed E-state index contributed by atoms with van der Waals surface area (Å²) in [4.78, 5) is 63.0. The number of β-lactam (4-membered cyclic amide) rings is 1. The van der Waals surface area contributed by atoms with E-state index in [0.29, 0.717) is 46.1 Å². The molecule has 0 radical (unpaired) electrons. The molecular formula is C29H28N7NaO7S2. The number of amides is 3. The Kier molecular flexibility index (Phi) is 8.84. The monoisotopic (exact) mass is 673 g/mol. The first-order valence-electron chi connectivity index (χ1n) is 14.2. The zero-order valence-electron chi connectivity index (χ0n) is 25.8. The van der Waals surface area contributed by atoms with E-state index >= 15 is 0 Å². The first-order chi connectivity index (χ1) is 21.6. The van der Waals surface area contributed by atoms with Crippen LogP contribution in [-0.4, -0.2) is 104 Å². The van der Waals surface area contributed by atoms with Gasteiger partial charge in [-0.1, -0.05) is 11.8 Å². The Morgan fingerprint density at radius 3 is 2.67 bits per heavy atom. The number of aryl methyl sites for hydroxylation is 1. The number of rotatable bonds is 8. The fraction of sp³-hybridized carbons (Fsp3) is 0.345. The van der Waals surface area contributed by atoms with Crippen molar-refractivity contribution in [3.8, 4) is 22.9 Å². The summed E-state index contributed by atoms with van der Waals surface area (Å²) < 4.78 is 1.47. The zero-order valence-corrected chi connectivity index (χ0v) is 28.5. The van der Waals surface area contributed by atoms with Gasteiger partial charge in [-0.25, -0.2) is 9.78 Å². The summed E-state index contributed by atoms with van der Waals surface area (Å²) in [5, 5.41) is 36.7. The fourth-order valence-electron chi connectivity index (χ4n) is 5.66. The average molecular weight is 674 g/mol. The van der Waals surface area contributed by atoms with Gasteiger partial charge >= 0.3 is 35.5 Å². The van der Waals surface area contributed by atoms with Crippen molar-refractivity contribution < 1.29 is 65.5 Å². The minimum absolute atomic E-state index is 0. The van der Waals surface area contributed by atoms with E-state index in [1.165, 1.54) is 33.3 Å². The van der Waals surface area contributed by atoms with Crippen molar-refractivity contribution in [3.63, 3.8) is 0 Å². The Bertz CT molecular complexity index is 1880. The second-order valence-electron chi connectivity index (χ2n) is 11.2. The van der Waals surface area contributed by atoms with Gasteiger partial charge in [-0.15, -0.1) is 16.9 Å². The predicted octanol–water partition coefficient (Wildman–Crippen LogP) is -1.22. The van der Waals surface area contributed by atoms with Gasteiger partial charge in [-0.2, -0.15) is 9.50 Å². The van der Waals surface area contributed by atoms with Crippen molar-refractivity contribution in [1.29, 1.82) is 0 Å². The molecule has 3 aliphatic heterocycles. The maximum Gasteiger partial charge on any atom is 1.00 e. The Balaban J connectivity index is 0.00000217. The van der Waals surface area contributed by atoms with Gasteiger partial charge in [-0.3, -0.25) is 19.3 Å². The van der Waals surface area contributed by atoms with Crippen molar-refractivity contribution in [2.45, 2.75) is 48.7 Å². The Morgan fingerprint density at radius 2 is 1.96 bits per heavy atom. The van der Waals surface area contributed by atoms with E-state index in [0.717, 1.165) is 24.6 Å². The maximum atomic E-state index is 13.2. The summed E-state index contributed by atoms with van der Waals surface area (Å²) in [5.74, 6) is -2.07. The summed E-state index contributed by atoms with van der Waals surface area (Å²) in [6.07, 6.45) is 4.16. The van der Waals surface area contributed by atoms with Crippen LogP contribution in [0.15, 0.2) is 52.2 Å². The van der Waals surface area contributed by atoms with Crippen molar-refractivity contribution in [3.05, 3.63) is 52.9 Å². The largest absolute Gasteiger partial charge is 1.00 e. The molecule has 1 aromatic carbocycles. The van der Waals surface area contributed by atoms with Crippen molar-refractivity contribution >= 4 is 53.0 Å². The number of nitrogens with zero attached hydrogens (tertiary/aromatic N) is 6. The molecule has 3 fully saturated rings. The van der Waals surface area contributed by atoms with Crippen LogP contribution in [0.1, 0.15) is 26.4 Å². The van der Waals surface area contributed by atoms with Crippen LogP contribution in [0.2, 0.25) is 0 Å². The van der Waals surface area contributed by atoms with Crippen molar-refractivity contribution in [1.82, 2.24) is 34.7 Å². The topological polar surface area (TPSA) is 191 Å². The van der Waals surface area contributed by atoms with E-state index in [2.05, 4.69) is 20.4 Å². The number of hydrogen-bond acceptors (Lipinski definition) is 11. The number of aromatic hydroxyl groups is 2. The number of phenolic OH excluding ortho intramolecular Hbond substituents is 2. The summed E-state index contributed by atoms with van der Waals surface area (Å²) in [7, 11) is 0. The summed E-state index contributed by atoms with van der Waals surface area (Å²) in [6, 6.07) is 5.36. The zero-order chi connectivity index (χ0) is 31.6. The molecule has 46 heavy (non-hydrogen) atoms. The minimum Gasteiger partial charge on any atom is -1.00 e. The van der Waals surface area contributed by atoms with Crippen LogP contribution < -0.4 is 34.9 Å². The van der Waals surface area contributed by atoms with E-state index < -0.39 is 29.2 Å². The van der Waals surface area contributed by atoms with Crippen LogP contribution in [0, 0.1) is 6.92 Å². The van der Waals surface area contributed by atoms with Crippen LogP contribution in [0.25, 0.3) is 17.2 Å². The number of carboxylic acids is 1. The SMILES string of the molecule is Cc1cc(SCC(=O)N[C@@H]2C(=O)N3C(C(=O)O)=C(/C=C4\CCN(C5CC5)C4=O)CS[C@H]23)n2nc(-c3ccc(O)c(O)c3)nc2n1.[H-].[Na+]. The average Bonchev–Trinajstić information content (AvgIpc) is 3.66. The second kappa shape index (κ2) is 12.6. The van der Waals surface area contributed by atoms with Crippen LogP contribution in [0.5, 0.6) is 11.5 Å². The van der Waals surface area contributed by atoms with Crippen LogP contribution in [-0.2, 0) is 19.2 Å². The molecule has 2 saturated heterocycles. The number of benzene rings is 1. The molecule has 1 aliphatic carbocycles. The minimum atomic E-state index is -1.25. The van der Waals surface area contributed by atoms with Gasteiger partial charge in [0.2, 0.25) is 11.8 Å². The molecule has 234 valence electrons. The number of allylic oxidation sites excluding steroid dienone is 1. The van der Waals surface area contributed by atoms with Gasteiger partial charge in [0.1, 0.15) is 22.1 Å². The Hall–Kier alpha value is -3.57. The molecule has 3 aromatic rings. The fourth-order valence-corrected chi connectivity index (χ4v) is 7.83. The molecule has 2 atom stereocenters. The van der Waals surface area contributed by atoms with Gasteiger partial charge in [-0.05, 0) is 62.1 Å². The van der Waals surface area contributed by atoms with Gasteiger partial charge in [0.15, 0.2) is 17.3 Å². The smallest absolute Gasteiger partial charge is 1.00 e. The van der Waals surface area contributed by atoms with E-state index in [9.17, 15) is 34.5 Å². The number of aliphatic carboxylic acids is 1. The number of fused-ring (bicyclic) bond motifs is 2. The third-order valence-corrected chi connectivity index (χ3v) is 10.3. The molecule has 4 aliphatic rings. The predicted molar refractivity (Wildman–Crippen MR) is 163 cm³/mol. The van der Waals surface area contributed by atoms with Crippen LogP contribution in [0.4, 0.5) is 0 Å². The first kappa shape index (κ1) is 32.4. The maximum absolute atomic E-state index is 13.2. The molecule has 14 nitrogen and oxygen atoms in total. The van der Waals surface area contributed by atoms with Crippen molar-refractivity contribution in [2.75, 3.05) is 18.1 Å². The van der Waals surface area contributed by atoms with Crippen LogP contribution in [0.3, 0.4) is 0 Å². The van der Waals surface area contributed by atoms with Crippen LogP contribution >= 0.6 is 23.5 Å². The Morgan fingerprint density at radius 1 is 1.17 bits per heavy atom. The van der Waals surface area contributed by atoms with Gasteiger partial charge in [0.05, 0.1) is 5.75 Å². The van der Waals surface area contributed by atoms with Crippen molar-refractivity contribution in [2.24, 2.45) is 0 Å². The summed E-state index contributed by atoms with van der Waals surface area (Å²) >= 11 is 2.51. The van der Waals surface area contributed by atoms with Gasteiger partial charge in [0, 0.05) is 35.2 Å². The third kappa shape index (κ3) is 5.88. The van der Waals surface area contributed by atoms with E-state index in [1.54, 1.807) is 25.1 Å². The number of aromatic nitrogens is 4. The molecule has 1 saturated carbocycles. The molecule has 5 heterocycles. The van der Waals surface area contributed by atoms with E-state index in [1.807, 2.05) is 4.90 Å². The molecule has 4 N–H and O–H groups in total. The molecule has 0 unspecified atom stereocenters. The van der Waals surface area contributed by atoms with E-state index in [-0.39, 0.29) is 77.5 Å². The van der Waals surface area contributed by atoms with Gasteiger partial charge < -0.3 is 27.0 Å². The second-order valence-corrected chi connectivity index (χ2v) is 13.3. The molecule has 17 heteroatoms. The normalized spacial score (nSPS) is 21.8. The number of phenols is 2. The molecule has 0 bridgehead atoms. The number of carboxylic acid groups (broad SMARTS) is 1. The molecule has 0 spiro atoms. The number of carbonyl (C=O) groups is 4. The summed E-state index contributed by atoms with van der Waals surface area (Å²) in [5.41, 5.74) is 1.94. The van der Waals surface area contributed by atoms with E-state index in [4.69, 9.17) is 0 Å². The standard InChI is InChI=1S/C29H27N7O7S2.Na.H/c1-13-8-21(36-29(30-13)32-24(33-36)14-2-5-18(37)19(38)10-14)44-12-20(39)31-22-26(41)35-23(28(42)43)16(11-45-27(22)35)9-15-6-7-34(25(15)40)17-3-4-17;;/h2,5,8-10,17,22,27,37-38H,3-4,6-7,11-12H2,1H3,(H,31,39)(H,42,43);;/q;+1;-1/b15-9+;;/t22-,27-;;/m1../s1.